The number of nitrogens with two attached hydrogens (primary N) is 1. The van der Waals surface area contributed by atoms with Gasteiger partial charge in [0, 0.05) is 13.0 Å². The third-order valence-corrected chi connectivity index (χ3v) is 2.65. The van der Waals surface area contributed by atoms with Gasteiger partial charge in [0.15, 0.2) is 0 Å². The fourth-order valence-electron chi connectivity index (χ4n) is 1.62. The largest absolute Gasteiger partial charge is 0.480 e. The zero-order chi connectivity index (χ0) is 14.8. The van der Waals surface area contributed by atoms with Crippen molar-refractivity contribution < 1.29 is 24.6 Å². The van der Waals surface area contributed by atoms with E-state index in [0.717, 1.165) is 0 Å². The van der Waals surface area contributed by atoms with E-state index in [1.807, 2.05) is 6.92 Å². The highest BCUT2D eigenvalue weighted by Gasteiger charge is 2.16. The van der Waals surface area contributed by atoms with Crippen LogP contribution in [0.1, 0.15) is 39.0 Å². The number of carboxylic acid groups (broad SMARTS) is 2. The van der Waals surface area contributed by atoms with Gasteiger partial charge >= 0.3 is 11.9 Å². The molecule has 0 fully saturated rings. The fourth-order valence-corrected chi connectivity index (χ4v) is 1.62. The molecule has 0 spiro atoms. The maximum Gasteiger partial charge on any atom is 0.323 e. The number of amides is 1. The van der Waals surface area contributed by atoms with Gasteiger partial charge in [-0.05, 0) is 25.7 Å². The number of carboxylic acids is 2. The topological polar surface area (TPSA) is 121 Å². The Kier molecular flexibility index (Phi) is 8.52. The fraction of sp³-hybridized carbons (Fsp3) is 0.750. The van der Waals surface area contributed by atoms with Gasteiger partial charge in [-0.15, -0.1) is 0 Å². The van der Waals surface area contributed by atoms with Crippen LogP contribution < -0.4 is 5.73 Å². The number of rotatable bonds is 10. The van der Waals surface area contributed by atoms with Crippen LogP contribution in [-0.2, 0) is 14.4 Å². The quantitative estimate of drug-likeness (QED) is 0.492. The highest BCUT2D eigenvalue weighted by molar-refractivity contribution is 5.81. The number of hydrogen-bond donors (Lipinski definition) is 3. The lowest BCUT2D eigenvalue weighted by atomic mass is 10.1. The van der Waals surface area contributed by atoms with E-state index in [-0.39, 0.29) is 12.5 Å². The minimum atomic E-state index is -1.05. The minimum Gasteiger partial charge on any atom is -0.480 e. The summed E-state index contributed by atoms with van der Waals surface area (Å²) in [5.74, 6) is -2.29. The third-order valence-electron chi connectivity index (χ3n) is 2.65. The second kappa shape index (κ2) is 9.32. The van der Waals surface area contributed by atoms with Crippen LogP contribution in [0.4, 0.5) is 0 Å². The summed E-state index contributed by atoms with van der Waals surface area (Å²) in [7, 11) is 0. The van der Waals surface area contributed by atoms with Crippen molar-refractivity contribution in [3.05, 3.63) is 0 Å². The average Bonchev–Trinajstić information content (AvgIpc) is 2.32. The van der Waals surface area contributed by atoms with E-state index in [1.54, 1.807) is 0 Å². The van der Waals surface area contributed by atoms with E-state index in [0.29, 0.717) is 38.6 Å². The first-order valence-electron chi connectivity index (χ1n) is 6.36. The van der Waals surface area contributed by atoms with Gasteiger partial charge in [-0.2, -0.15) is 0 Å². The Morgan fingerprint density at radius 1 is 1.21 bits per heavy atom. The summed E-state index contributed by atoms with van der Waals surface area (Å²) < 4.78 is 0. The Hall–Kier alpha value is -1.63. The minimum absolute atomic E-state index is 0.188. The lowest BCUT2D eigenvalue weighted by molar-refractivity contribution is -0.144. The summed E-state index contributed by atoms with van der Waals surface area (Å²) >= 11 is 0. The van der Waals surface area contributed by atoms with Gasteiger partial charge in [-0.3, -0.25) is 14.4 Å². The number of carbonyl (C=O) groups is 3. The second-order valence-corrected chi connectivity index (χ2v) is 4.40. The molecule has 0 heterocycles. The zero-order valence-corrected chi connectivity index (χ0v) is 11.2. The van der Waals surface area contributed by atoms with Crippen LogP contribution in [0.25, 0.3) is 0 Å². The molecule has 0 rings (SSSR count). The second-order valence-electron chi connectivity index (χ2n) is 4.40. The first kappa shape index (κ1) is 17.4. The van der Waals surface area contributed by atoms with Crippen LogP contribution in [0.3, 0.4) is 0 Å². The number of unbranched alkanes of at least 4 members (excludes halogenated alkanes) is 1. The van der Waals surface area contributed by atoms with Crippen molar-refractivity contribution in [1.29, 1.82) is 0 Å². The van der Waals surface area contributed by atoms with E-state index in [2.05, 4.69) is 0 Å². The third kappa shape index (κ3) is 8.15. The molecule has 0 saturated heterocycles. The van der Waals surface area contributed by atoms with Crippen LogP contribution in [-0.4, -0.2) is 52.1 Å². The van der Waals surface area contributed by atoms with Crippen molar-refractivity contribution in [2.24, 2.45) is 5.73 Å². The molecular formula is C12H22N2O5. The molecule has 110 valence electrons. The van der Waals surface area contributed by atoms with Crippen LogP contribution in [0.15, 0.2) is 0 Å². The van der Waals surface area contributed by atoms with Gasteiger partial charge in [0.1, 0.15) is 12.6 Å². The normalized spacial score (nSPS) is 11.9. The molecule has 0 radical (unpaired) electrons. The molecule has 0 saturated carbocycles. The molecule has 0 aromatic rings. The maximum absolute atomic E-state index is 11.7. The zero-order valence-electron chi connectivity index (χ0n) is 11.2. The number of aliphatic carboxylic acids is 2. The van der Waals surface area contributed by atoms with Gasteiger partial charge in [0.25, 0.3) is 0 Å². The summed E-state index contributed by atoms with van der Waals surface area (Å²) in [6.07, 6.45) is 2.39. The van der Waals surface area contributed by atoms with Crippen molar-refractivity contribution in [3.8, 4) is 0 Å². The van der Waals surface area contributed by atoms with E-state index in [1.165, 1.54) is 4.90 Å². The molecule has 0 aromatic carbocycles. The van der Waals surface area contributed by atoms with Gasteiger partial charge in [-0.1, -0.05) is 6.92 Å². The van der Waals surface area contributed by atoms with Gasteiger partial charge < -0.3 is 20.8 Å². The molecule has 7 heteroatoms. The summed E-state index contributed by atoms with van der Waals surface area (Å²) in [6.45, 7) is 1.85. The molecule has 1 atom stereocenters. The molecule has 0 aliphatic heterocycles. The van der Waals surface area contributed by atoms with Gasteiger partial charge in [0.2, 0.25) is 5.91 Å². The molecule has 0 aliphatic rings. The molecule has 19 heavy (non-hydrogen) atoms. The predicted octanol–water partition coefficient (Wildman–Crippen LogP) is 0.282. The van der Waals surface area contributed by atoms with Crippen molar-refractivity contribution in [2.45, 2.75) is 45.1 Å². The summed E-state index contributed by atoms with van der Waals surface area (Å²) in [4.78, 5) is 34.1. The van der Waals surface area contributed by atoms with E-state index in [9.17, 15) is 14.4 Å². The molecule has 0 bridgehead atoms. The van der Waals surface area contributed by atoms with Crippen LogP contribution in [0.5, 0.6) is 0 Å². The monoisotopic (exact) mass is 274 g/mol. The SMILES string of the molecule is CCCC(=O)N(CCCC[C@H](N)C(=O)O)CC(=O)O. The summed E-state index contributed by atoms with van der Waals surface area (Å²) in [6, 6.07) is -0.903. The summed E-state index contributed by atoms with van der Waals surface area (Å²) in [5, 5.41) is 17.3. The molecule has 4 N–H and O–H groups in total. The number of carbonyl (C=O) groups excluding carboxylic acids is 1. The lowest BCUT2D eigenvalue weighted by Crippen LogP contribution is -2.36. The number of nitrogens with zero attached hydrogens (tertiary/aromatic N) is 1. The molecule has 1 amide bonds. The Bertz CT molecular complexity index is 319. The standard InChI is InChI=1S/C12H22N2O5/c1-2-5-10(15)14(8-11(16)17)7-4-3-6-9(13)12(18)19/h9H,2-8,13H2,1H3,(H,16,17)(H,18,19)/t9-/m0/s1. The molecule has 0 aliphatic carbocycles. The molecule has 0 aromatic heterocycles. The van der Waals surface area contributed by atoms with Gasteiger partial charge in [-0.25, -0.2) is 0 Å². The smallest absolute Gasteiger partial charge is 0.323 e. The molecule has 7 nitrogen and oxygen atoms in total. The average molecular weight is 274 g/mol. The maximum atomic E-state index is 11.7. The Balaban J connectivity index is 4.09. The lowest BCUT2D eigenvalue weighted by Gasteiger charge is -2.20. The first-order chi connectivity index (χ1) is 8.88. The summed E-state index contributed by atoms with van der Waals surface area (Å²) in [5.41, 5.74) is 5.35. The van der Waals surface area contributed by atoms with Crippen LogP contribution in [0.2, 0.25) is 0 Å². The van der Waals surface area contributed by atoms with Crippen molar-refractivity contribution in [2.75, 3.05) is 13.1 Å². The van der Waals surface area contributed by atoms with E-state index in [4.69, 9.17) is 15.9 Å². The Morgan fingerprint density at radius 2 is 1.84 bits per heavy atom. The molecular weight excluding hydrogens is 252 g/mol. The number of hydrogen-bond acceptors (Lipinski definition) is 4. The van der Waals surface area contributed by atoms with Crippen molar-refractivity contribution in [1.82, 2.24) is 4.90 Å². The van der Waals surface area contributed by atoms with E-state index >= 15 is 0 Å². The Morgan fingerprint density at radius 3 is 2.32 bits per heavy atom. The van der Waals surface area contributed by atoms with Crippen molar-refractivity contribution >= 4 is 17.8 Å². The van der Waals surface area contributed by atoms with Crippen LogP contribution in [0, 0.1) is 0 Å². The Labute approximate surface area is 112 Å². The van der Waals surface area contributed by atoms with Crippen molar-refractivity contribution in [3.63, 3.8) is 0 Å². The van der Waals surface area contributed by atoms with E-state index < -0.39 is 18.0 Å². The predicted molar refractivity (Wildman–Crippen MR) is 68.6 cm³/mol. The van der Waals surface area contributed by atoms with Crippen LogP contribution >= 0.6 is 0 Å². The van der Waals surface area contributed by atoms with Gasteiger partial charge in [0.05, 0.1) is 0 Å². The highest BCUT2D eigenvalue weighted by Crippen LogP contribution is 2.04. The highest BCUT2D eigenvalue weighted by atomic mass is 16.4. The first-order valence-corrected chi connectivity index (χ1v) is 6.36. The molecule has 0 unspecified atom stereocenters.